The van der Waals surface area contributed by atoms with Crippen LogP contribution in [-0.4, -0.2) is 37.4 Å². The number of rotatable bonds is 4. The number of alkyl halides is 3. The molecule has 0 bridgehead atoms. The van der Waals surface area contributed by atoms with E-state index in [9.17, 15) is 18.4 Å². The van der Waals surface area contributed by atoms with E-state index in [1.807, 2.05) is 18.2 Å². The first kappa shape index (κ1) is 18.2. The van der Waals surface area contributed by atoms with Crippen LogP contribution in [-0.2, 0) is 0 Å². The number of nitrogens with one attached hydrogen (secondary N) is 1. The molecule has 1 aliphatic heterocycles. The molecule has 3 rings (SSSR count). The van der Waals surface area contributed by atoms with E-state index in [1.54, 1.807) is 18.2 Å². The molecule has 0 aromatic heterocycles. The lowest BCUT2D eigenvalue weighted by molar-refractivity contribution is -0.274. The van der Waals surface area contributed by atoms with Gasteiger partial charge < -0.3 is 10.1 Å². The van der Waals surface area contributed by atoms with Crippen molar-refractivity contribution in [2.24, 2.45) is 0 Å². The van der Waals surface area contributed by atoms with Crippen LogP contribution < -0.4 is 10.1 Å². The second kappa shape index (κ2) is 7.77. The number of hydrogen-bond acceptors (Lipinski definition) is 4. The van der Waals surface area contributed by atoms with Gasteiger partial charge in [0.05, 0.1) is 17.7 Å². The molecule has 1 aliphatic rings. The highest BCUT2D eigenvalue weighted by molar-refractivity contribution is 5.40. The minimum atomic E-state index is -4.71. The first-order valence-electron chi connectivity index (χ1n) is 8.27. The number of benzene rings is 2. The fourth-order valence-electron chi connectivity index (χ4n) is 3.18. The molecule has 0 spiro atoms. The summed E-state index contributed by atoms with van der Waals surface area (Å²) in [6, 6.07) is 15.3. The summed E-state index contributed by atoms with van der Waals surface area (Å²) in [6.45, 7) is 3.29. The standard InChI is InChI=1S/C19H18F3N3O/c20-19(21,22)26-17-6-4-15(5-7-17)18(25-10-8-24-9-11-25)16-3-1-2-14(12-16)13-23/h1-7,12,18,24H,8-11H2/t18-/m1/s1. The summed E-state index contributed by atoms with van der Waals surface area (Å²) in [5.41, 5.74) is 2.35. The van der Waals surface area contributed by atoms with Gasteiger partial charge in [0, 0.05) is 26.2 Å². The zero-order valence-corrected chi connectivity index (χ0v) is 14.0. The van der Waals surface area contributed by atoms with E-state index in [0.29, 0.717) is 5.56 Å². The minimum Gasteiger partial charge on any atom is -0.406 e. The normalized spacial score (nSPS) is 16.7. The number of halogens is 3. The van der Waals surface area contributed by atoms with Gasteiger partial charge in [0.2, 0.25) is 0 Å². The van der Waals surface area contributed by atoms with Crippen LogP contribution in [0.5, 0.6) is 5.75 Å². The average molecular weight is 361 g/mol. The van der Waals surface area contributed by atoms with Gasteiger partial charge in [-0.25, -0.2) is 0 Å². The summed E-state index contributed by atoms with van der Waals surface area (Å²) in [5, 5.41) is 12.5. The second-order valence-corrected chi connectivity index (χ2v) is 6.04. The molecule has 1 N–H and O–H groups in total. The Bertz CT molecular complexity index is 778. The third kappa shape index (κ3) is 4.54. The maximum Gasteiger partial charge on any atom is 0.573 e. The summed E-state index contributed by atoms with van der Waals surface area (Å²) in [6.07, 6.45) is -4.71. The van der Waals surface area contributed by atoms with Crippen molar-refractivity contribution >= 4 is 0 Å². The molecular formula is C19H18F3N3O. The zero-order chi connectivity index (χ0) is 18.6. The summed E-state index contributed by atoms with van der Waals surface area (Å²) < 4.78 is 41.1. The predicted molar refractivity (Wildman–Crippen MR) is 90.6 cm³/mol. The van der Waals surface area contributed by atoms with Crippen LogP contribution in [0.25, 0.3) is 0 Å². The SMILES string of the molecule is N#Cc1cccc([C@@H](c2ccc(OC(F)(F)F)cc2)N2CCNCC2)c1. The van der Waals surface area contributed by atoms with Crippen molar-refractivity contribution in [3.63, 3.8) is 0 Å². The summed E-state index contributed by atoms with van der Waals surface area (Å²) >= 11 is 0. The number of ether oxygens (including phenoxy) is 1. The van der Waals surface area contributed by atoms with Crippen LogP contribution >= 0.6 is 0 Å². The van der Waals surface area contributed by atoms with Gasteiger partial charge in [-0.3, -0.25) is 4.90 Å². The highest BCUT2D eigenvalue weighted by Gasteiger charge is 2.31. The highest BCUT2D eigenvalue weighted by Crippen LogP contribution is 2.31. The number of nitriles is 1. The maximum absolute atomic E-state index is 12.4. The van der Waals surface area contributed by atoms with Crippen molar-refractivity contribution in [1.82, 2.24) is 10.2 Å². The largest absolute Gasteiger partial charge is 0.573 e. The third-order valence-electron chi connectivity index (χ3n) is 4.28. The molecule has 0 saturated carbocycles. The summed E-state index contributed by atoms with van der Waals surface area (Å²) in [5.74, 6) is -0.244. The summed E-state index contributed by atoms with van der Waals surface area (Å²) in [4.78, 5) is 2.26. The molecular weight excluding hydrogens is 343 g/mol. The van der Waals surface area contributed by atoms with Gasteiger partial charge >= 0.3 is 6.36 Å². The molecule has 0 aliphatic carbocycles. The monoisotopic (exact) mass is 361 g/mol. The zero-order valence-electron chi connectivity index (χ0n) is 14.0. The van der Waals surface area contributed by atoms with Crippen LogP contribution in [0.1, 0.15) is 22.7 Å². The van der Waals surface area contributed by atoms with Crippen molar-refractivity contribution in [3.05, 3.63) is 65.2 Å². The highest BCUT2D eigenvalue weighted by atomic mass is 19.4. The molecule has 0 radical (unpaired) electrons. The van der Waals surface area contributed by atoms with Gasteiger partial charge in [-0.15, -0.1) is 13.2 Å². The van der Waals surface area contributed by atoms with Crippen LogP contribution in [0.3, 0.4) is 0 Å². The molecule has 136 valence electrons. The Hall–Kier alpha value is -2.56. The number of piperazine rings is 1. The van der Waals surface area contributed by atoms with Gasteiger partial charge in [0.15, 0.2) is 0 Å². The average Bonchev–Trinajstić information content (AvgIpc) is 2.63. The molecule has 0 unspecified atom stereocenters. The van der Waals surface area contributed by atoms with Gasteiger partial charge in [0.25, 0.3) is 0 Å². The van der Waals surface area contributed by atoms with Crippen LogP contribution in [0.2, 0.25) is 0 Å². The Morgan fingerprint density at radius 1 is 1.04 bits per heavy atom. The van der Waals surface area contributed by atoms with E-state index in [1.165, 1.54) is 12.1 Å². The van der Waals surface area contributed by atoms with Crippen LogP contribution in [0.4, 0.5) is 13.2 Å². The van der Waals surface area contributed by atoms with E-state index in [2.05, 4.69) is 21.0 Å². The Morgan fingerprint density at radius 2 is 1.73 bits per heavy atom. The fraction of sp³-hybridized carbons (Fsp3) is 0.316. The molecule has 1 saturated heterocycles. The fourth-order valence-corrected chi connectivity index (χ4v) is 3.18. The Morgan fingerprint density at radius 3 is 2.35 bits per heavy atom. The van der Waals surface area contributed by atoms with Crippen LogP contribution in [0.15, 0.2) is 48.5 Å². The molecule has 1 atom stereocenters. The van der Waals surface area contributed by atoms with Crippen molar-refractivity contribution in [1.29, 1.82) is 5.26 Å². The lowest BCUT2D eigenvalue weighted by atomic mass is 9.95. The first-order valence-corrected chi connectivity index (χ1v) is 8.27. The topological polar surface area (TPSA) is 48.3 Å². The quantitative estimate of drug-likeness (QED) is 0.906. The molecule has 2 aromatic rings. The van der Waals surface area contributed by atoms with Crippen LogP contribution in [0, 0.1) is 11.3 Å². The van der Waals surface area contributed by atoms with E-state index < -0.39 is 6.36 Å². The molecule has 0 amide bonds. The molecule has 1 fully saturated rings. The number of hydrogen-bond donors (Lipinski definition) is 1. The van der Waals surface area contributed by atoms with Crippen molar-refractivity contribution in [2.45, 2.75) is 12.4 Å². The molecule has 26 heavy (non-hydrogen) atoms. The van der Waals surface area contributed by atoms with Crippen molar-refractivity contribution < 1.29 is 17.9 Å². The van der Waals surface area contributed by atoms with Gasteiger partial charge in [0.1, 0.15) is 5.75 Å². The molecule has 1 heterocycles. The summed E-state index contributed by atoms with van der Waals surface area (Å²) in [7, 11) is 0. The van der Waals surface area contributed by atoms with Crippen molar-refractivity contribution in [3.8, 4) is 11.8 Å². The van der Waals surface area contributed by atoms with E-state index >= 15 is 0 Å². The third-order valence-corrected chi connectivity index (χ3v) is 4.28. The number of nitrogens with zero attached hydrogens (tertiary/aromatic N) is 2. The lowest BCUT2D eigenvalue weighted by Crippen LogP contribution is -2.45. The van der Waals surface area contributed by atoms with E-state index in [4.69, 9.17) is 0 Å². The van der Waals surface area contributed by atoms with Gasteiger partial charge in [-0.05, 0) is 35.4 Å². The predicted octanol–water partition coefficient (Wildman–Crippen LogP) is 3.45. The molecule has 7 heteroatoms. The molecule has 2 aromatic carbocycles. The van der Waals surface area contributed by atoms with Gasteiger partial charge in [-0.2, -0.15) is 5.26 Å². The Labute approximate surface area is 149 Å². The van der Waals surface area contributed by atoms with E-state index in [-0.39, 0.29) is 11.8 Å². The second-order valence-electron chi connectivity index (χ2n) is 6.04. The maximum atomic E-state index is 12.4. The smallest absolute Gasteiger partial charge is 0.406 e. The van der Waals surface area contributed by atoms with E-state index in [0.717, 1.165) is 37.3 Å². The Balaban J connectivity index is 1.93. The van der Waals surface area contributed by atoms with Gasteiger partial charge in [-0.1, -0.05) is 24.3 Å². The van der Waals surface area contributed by atoms with Crippen molar-refractivity contribution in [2.75, 3.05) is 26.2 Å². The first-order chi connectivity index (χ1) is 12.5. The molecule has 4 nitrogen and oxygen atoms in total. The minimum absolute atomic E-state index is 0.134. The Kier molecular flexibility index (Phi) is 5.45. The lowest BCUT2D eigenvalue weighted by Gasteiger charge is -2.35.